The molecule has 29 heavy (non-hydrogen) atoms. The molecular formula is C23H22N2O4. The minimum atomic E-state index is -0.408. The lowest BCUT2D eigenvalue weighted by atomic mass is 10.1. The van der Waals surface area contributed by atoms with Crippen molar-refractivity contribution in [2.24, 2.45) is 5.10 Å². The maximum atomic E-state index is 11.9. The van der Waals surface area contributed by atoms with Gasteiger partial charge in [0, 0.05) is 5.56 Å². The first-order valence-corrected chi connectivity index (χ1v) is 9.22. The quantitative estimate of drug-likeness (QED) is 0.450. The Morgan fingerprint density at radius 2 is 1.69 bits per heavy atom. The van der Waals surface area contributed by atoms with Gasteiger partial charge >= 0.3 is 0 Å². The van der Waals surface area contributed by atoms with E-state index in [1.54, 1.807) is 18.2 Å². The highest BCUT2D eigenvalue weighted by Gasteiger charge is 2.06. The SMILES string of the molecule is CCOc1cccc(C=NNC(=O)COc2ccc(-c3ccccc3)cc2)c1O. The molecule has 0 unspecified atom stereocenters. The average molecular weight is 390 g/mol. The molecule has 148 valence electrons. The molecule has 0 saturated heterocycles. The van der Waals surface area contributed by atoms with Crippen molar-refractivity contribution in [2.45, 2.75) is 6.92 Å². The molecule has 2 N–H and O–H groups in total. The molecule has 0 saturated carbocycles. The summed E-state index contributed by atoms with van der Waals surface area (Å²) in [4.78, 5) is 11.9. The fourth-order valence-corrected chi connectivity index (χ4v) is 2.64. The second-order valence-electron chi connectivity index (χ2n) is 6.10. The highest BCUT2D eigenvalue weighted by Crippen LogP contribution is 2.28. The van der Waals surface area contributed by atoms with E-state index in [1.165, 1.54) is 6.21 Å². The number of hydrogen-bond donors (Lipinski definition) is 2. The van der Waals surface area contributed by atoms with E-state index in [-0.39, 0.29) is 12.4 Å². The molecule has 0 aliphatic rings. The zero-order chi connectivity index (χ0) is 20.5. The van der Waals surface area contributed by atoms with Crippen LogP contribution in [0.25, 0.3) is 11.1 Å². The molecule has 0 fully saturated rings. The number of phenolic OH excluding ortho intramolecular Hbond substituents is 1. The van der Waals surface area contributed by atoms with Crippen molar-refractivity contribution in [3.8, 4) is 28.4 Å². The number of rotatable bonds is 8. The van der Waals surface area contributed by atoms with Crippen molar-refractivity contribution in [3.63, 3.8) is 0 Å². The van der Waals surface area contributed by atoms with Gasteiger partial charge < -0.3 is 14.6 Å². The number of nitrogens with zero attached hydrogens (tertiary/aromatic N) is 1. The normalized spacial score (nSPS) is 10.7. The molecule has 3 aromatic carbocycles. The molecule has 0 aliphatic heterocycles. The van der Waals surface area contributed by atoms with Gasteiger partial charge in [0.05, 0.1) is 12.8 Å². The van der Waals surface area contributed by atoms with Crippen LogP contribution in [0.4, 0.5) is 0 Å². The number of hydrazone groups is 1. The van der Waals surface area contributed by atoms with Gasteiger partial charge in [0.15, 0.2) is 18.1 Å². The van der Waals surface area contributed by atoms with Crippen LogP contribution in [-0.4, -0.2) is 30.4 Å². The van der Waals surface area contributed by atoms with Crippen LogP contribution in [0, 0.1) is 0 Å². The third kappa shape index (κ3) is 5.59. The molecule has 0 spiro atoms. The predicted molar refractivity (Wildman–Crippen MR) is 112 cm³/mol. The number of para-hydroxylation sites is 1. The first-order chi connectivity index (χ1) is 14.2. The van der Waals surface area contributed by atoms with Crippen LogP contribution in [0.15, 0.2) is 77.9 Å². The number of phenols is 1. The molecule has 0 bridgehead atoms. The van der Waals surface area contributed by atoms with Gasteiger partial charge in [-0.25, -0.2) is 5.43 Å². The fraction of sp³-hybridized carbons (Fsp3) is 0.130. The maximum Gasteiger partial charge on any atom is 0.277 e. The van der Waals surface area contributed by atoms with Crippen LogP contribution in [0.3, 0.4) is 0 Å². The Kier molecular flexibility index (Phi) is 6.84. The monoisotopic (exact) mass is 390 g/mol. The summed E-state index contributed by atoms with van der Waals surface area (Å²) in [7, 11) is 0. The Morgan fingerprint density at radius 3 is 2.41 bits per heavy atom. The van der Waals surface area contributed by atoms with E-state index >= 15 is 0 Å². The number of hydrogen-bond acceptors (Lipinski definition) is 5. The second-order valence-corrected chi connectivity index (χ2v) is 6.10. The molecule has 6 nitrogen and oxygen atoms in total. The summed E-state index contributed by atoms with van der Waals surface area (Å²) < 4.78 is 10.8. The van der Waals surface area contributed by atoms with Crippen LogP contribution in [0.5, 0.6) is 17.2 Å². The van der Waals surface area contributed by atoms with E-state index in [0.717, 1.165) is 11.1 Å². The summed E-state index contributed by atoms with van der Waals surface area (Å²) in [5.41, 5.74) is 4.99. The van der Waals surface area contributed by atoms with Gasteiger partial charge in [0.1, 0.15) is 5.75 Å². The van der Waals surface area contributed by atoms with Crippen molar-refractivity contribution < 1.29 is 19.4 Å². The molecule has 0 aromatic heterocycles. The van der Waals surface area contributed by atoms with Gasteiger partial charge in [-0.2, -0.15) is 5.10 Å². The topological polar surface area (TPSA) is 80.2 Å². The van der Waals surface area contributed by atoms with Crippen molar-refractivity contribution in [1.29, 1.82) is 0 Å². The van der Waals surface area contributed by atoms with Gasteiger partial charge in [0.25, 0.3) is 5.91 Å². The molecule has 0 heterocycles. The molecule has 3 rings (SSSR count). The van der Waals surface area contributed by atoms with Crippen LogP contribution >= 0.6 is 0 Å². The van der Waals surface area contributed by atoms with Crippen LogP contribution in [0.1, 0.15) is 12.5 Å². The zero-order valence-corrected chi connectivity index (χ0v) is 16.0. The second kappa shape index (κ2) is 9.94. The van der Waals surface area contributed by atoms with Crippen LogP contribution in [0.2, 0.25) is 0 Å². The molecule has 3 aromatic rings. The van der Waals surface area contributed by atoms with Gasteiger partial charge in [-0.3, -0.25) is 4.79 Å². The number of nitrogens with one attached hydrogen (secondary N) is 1. The molecular weight excluding hydrogens is 368 g/mol. The summed E-state index contributed by atoms with van der Waals surface area (Å²) >= 11 is 0. The van der Waals surface area contributed by atoms with Crippen molar-refractivity contribution in [1.82, 2.24) is 5.43 Å². The summed E-state index contributed by atoms with van der Waals surface area (Å²) in [6.07, 6.45) is 1.35. The van der Waals surface area contributed by atoms with Crippen LogP contribution in [-0.2, 0) is 4.79 Å². The predicted octanol–water partition coefficient (Wildman–Crippen LogP) is 3.99. The average Bonchev–Trinajstić information content (AvgIpc) is 2.76. The lowest BCUT2D eigenvalue weighted by Gasteiger charge is -2.08. The first-order valence-electron chi connectivity index (χ1n) is 9.22. The summed E-state index contributed by atoms with van der Waals surface area (Å²) in [6, 6.07) is 22.6. The van der Waals surface area contributed by atoms with Gasteiger partial charge in [-0.05, 0) is 42.3 Å². The van der Waals surface area contributed by atoms with Gasteiger partial charge in [-0.1, -0.05) is 48.5 Å². The number of ether oxygens (including phenoxy) is 2. The van der Waals surface area contributed by atoms with Crippen molar-refractivity contribution in [2.75, 3.05) is 13.2 Å². The van der Waals surface area contributed by atoms with Crippen LogP contribution < -0.4 is 14.9 Å². The third-order valence-corrected chi connectivity index (χ3v) is 4.05. The van der Waals surface area contributed by atoms with E-state index < -0.39 is 5.91 Å². The Balaban J connectivity index is 1.50. The largest absolute Gasteiger partial charge is 0.504 e. The number of carbonyl (C=O) groups is 1. The molecule has 0 atom stereocenters. The molecule has 1 amide bonds. The minimum Gasteiger partial charge on any atom is -0.504 e. The maximum absolute atomic E-state index is 11.9. The van der Waals surface area contributed by atoms with Crippen molar-refractivity contribution >= 4 is 12.1 Å². The minimum absolute atomic E-state index is 0.0258. The lowest BCUT2D eigenvalue weighted by Crippen LogP contribution is -2.24. The van der Waals surface area contributed by atoms with E-state index in [0.29, 0.717) is 23.7 Å². The summed E-state index contributed by atoms with van der Waals surface area (Å²) in [5.74, 6) is 0.520. The van der Waals surface area contributed by atoms with E-state index in [9.17, 15) is 9.90 Å². The molecule has 0 aliphatic carbocycles. The highest BCUT2D eigenvalue weighted by molar-refractivity contribution is 5.86. The van der Waals surface area contributed by atoms with Gasteiger partial charge in [-0.15, -0.1) is 0 Å². The fourth-order valence-electron chi connectivity index (χ4n) is 2.64. The van der Waals surface area contributed by atoms with E-state index in [4.69, 9.17) is 9.47 Å². The first kappa shape index (κ1) is 19.9. The highest BCUT2D eigenvalue weighted by atomic mass is 16.5. The van der Waals surface area contributed by atoms with E-state index in [1.807, 2.05) is 61.5 Å². The number of carbonyl (C=O) groups excluding carboxylic acids is 1. The van der Waals surface area contributed by atoms with Crippen molar-refractivity contribution in [3.05, 3.63) is 78.4 Å². The smallest absolute Gasteiger partial charge is 0.277 e. The van der Waals surface area contributed by atoms with Gasteiger partial charge in [0.2, 0.25) is 0 Å². The molecule has 0 radical (unpaired) electrons. The third-order valence-electron chi connectivity index (χ3n) is 4.05. The number of benzene rings is 3. The standard InChI is InChI=1S/C23H22N2O4/c1-2-28-21-10-6-9-19(23(21)27)15-24-25-22(26)16-29-20-13-11-18(12-14-20)17-7-4-3-5-8-17/h3-15,27H,2,16H2,1H3,(H,25,26). The Morgan fingerprint density at radius 1 is 0.966 bits per heavy atom. The Labute approximate surface area is 169 Å². The molecule has 6 heteroatoms. The summed E-state index contributed by atoms with van der Waals surface area (Å²) in [6.45, 7) is 2.09. The number of aromatic hydroxyl groups is 1. The zero-order valence-electron chi connectivity index (χ0n) is 16.0. The Bertz CT molecular complexity index is 970. The summed E-state index contributed by atoms with van der Waals surface area (Å²) in [5, 5.41) is 13.9. The van der Waals surface area contributed by atoms with E-state index in [2.05, 4.69) is 10.5 Å². The lowest BCUT2D eigenvalue weighted by molar-refractivity contribution is -0.123. The Hall–Kier alpha value is -3.80. The number of amides is 1.